The highest BCUT2D eigenvalue weighted by Gasteiger charge is 2.08. The van der Waals surface area contributed by atoms with Crippen LogP contribution in [0.5, 0.6) is 0 Å². The third-order valence-electron chi connectivity index (χ3n) is 3.03. The molecule has 0 saturated heterocycles. The van der Waals surface area contributed by atoms with Gasteiger partial charge in [-0.05, 0) is 30.3 Å². The molecule has 2 aromatic carbocycles. The van der Waals surface area contributed by atoms with Gasteiger partial charge in [0.25, 0.3) is 0 Å². The molecule has 1 aliphatic rings. The van der Waals surface area contributed by atoms with Gasteiger partial charge in [-0.2, -0.15) is 0 Å². The molecule has 0 aliphatic heterocycles. The maximum Gasteiger partial charge on any atom is 0.337 e. The molecule has 0 spiro atoms. The second-order valence-corrected chi connectivity index (χ2v) is 4.30. The Kier molecular flexibility index (Phi) is 2.99. The van der Waals surface area contributed by atoms with E-state index in [9.17, 15) is 4.79 Å². The van der Waals surface area contributed by atoms with Gasteiger partial charge in [-0.15, -0.1) is 0 Å². The van der Waals surface area contributed by atoms with E-state index in [0.29, 0.717) is 5.56 Å². The first-order chi connectivity index (χ1) is 9.78. The summed E-state index contributed by atoms with van der Waals surface area (Å²) in [5.41, 5.74) is 3.86. The number of benzene rings is 2. The standard InChI is InChI=1S/C18H10O2/c1-20-18(19)17-11-9-15-7-6-13-4-2-3-5-14(13)8-10-16(15)12-17/h2-5,9,11-12H,1H3. The van der Waals surface area contributed by atoms with Gasteiger partial charge in [0.2, 0.25) is 0 Å². The van der Waals surface area contributed by atoms with Crippen molar-refractivity contribution in [1.82, 2.24) is 0 Å². The van der Waals surface area contributed by atoms with Gasteiger partial charge in [-0.3, -0.25) is 0 Å². The summed E-state index contributed by atoms with van der Waals surface area (Å²) in [4.78, 5) is 11.5. The van der Waals surface area contributed by atoms with E-state index in [1.807, 2.05) is 24.3 Å². The molecule has 94 valence electrons. The van der Waals surface area contributed by atoms with E-state index >= 15 is 0 Å². The number of rotatable bonds is 1. The zero-order valence-electron chi connectivity index (χ0n) is 10.9. The number of hydrogen-bond acceptors (Lipinski definition) is 2. The minimum Gasteiger partial charge on any atom is -0.465 e. The Balaban J connectivity index is 2.14. The van der Waals surface area contributed by atoms with Crippen LogP contribution in [0.4, 0.5) is 0 Å². The van der Waals surface area contributed by atoms with Crippen LogP contribution in [0.2, 0.25) is 0 Å². The third kappa shape index (κ3) is 2.16. The van der Waals surface area contributed by atoms with Crippen molar-refractivity contribution in [3.8, 4) is 23.7 Å². The lowest BCUT2D eigenvalue weighted by atomic mass is 10.00. The quantitative estimate of drug-likeness (QED) is 0.495. The second kappa shape index (κ2) is 4.96. The van der Waals surface area contributed by atoms with Crippen molar-refractivity contribution < 1.29 is 9.53 Å². The van der Waals surface area contributed by atoms with Crippen molar-refractivity contribution >= 4 is 5.97 Å². The molecule has 20 heavy (non-hydrogen) atoms. The predicted molar refractivity (Wildman–Crippen MR) is 76.2 cm³/mol. The minimum atomic E-state index is -0.370. The van der Waals surface area contributed by atoms with Gasteiger partial charge in [-0.1, -0.05) is 35.8 Å². The fourth-order valence-electron chi connectivity index (χ4n) is 1.97. The summed E-state index contributed by atoms with van der Waals surface area (Å²) in [6.07, 6.45) is 0. The topological polar surface area (TPSA) is 26.3 Å². The Morgan fingerprint density at radius 2 is 1.40 bits per heavy atom. The molecule has 0 atom stereocenters. The van der Waals surface area contributed by atoms with Crippen LogP contribution in [-0.4, -0.2) is 13.1 Å². The lowest BCUT2D eigenvalue weighted by molar-refractivity contribution is 0.0600. The summed E-state index contributed by atoms with van der Waals surface area (Å²) < 4.78 is 4.72. The molecular weight excluding hydrogens is 248 g/mol. The van der Waals surface area contributed by atoms with Crippen LogP contribution in [0.3, 0.4) is 0 Å². The molecule has 2 heteroatoms. The van der Waals surface area contributed by atoms with Gasteiger partial charge in [0.15, 0.2) is 0 Å². The lowest BCUT2D eigenvalue weighted by Crippen LogP contribution is -2.02. The van der Waals surface area contributed by atoms with E-state index in [1.165, 1.54) is 7.11 Å². The number of methoxy groups -OCH3 is 1. The van der Waals surface area contributed by atoms with Crippen molar-refractivity contribution in [1.29, 1.82) is 0 Å². The van der Waals surface area contributed by atoms with Gasteiger partial charge in [0.1, 0.15) is 0 Å². The van der Waals surface area contributed by atoms with Crippen molar-refractivity contribution in [2.75, 3.05) is 7.11 Å². The maximum absolute atomic E-state index is 11.5. The molecular formula is C18H10O2. The number of carbonyl (C=O) groups excluding carboxylic acids is 1. The predicted octanol–water partition coefficient (Wildman–Crippen LogP) is 2.59. The molecule has 1 aliphatic carbocycles. The zero-order chi connectivity index (χ0) is 13.9. The first-order valence-corrected chi connectivity index (χ1v) is 6.13. The van der Waals surface area contributed by atoms with Crippen LogP contribution in [0.15, 0.2) is 42.5 Å². The normalized spacial score (nSPS) is 10.4. The van der Waals surface area contributed by atoms with Crippen molar-refractivity contribution in [2.24, 2.45) is 0 Å². The van der Waals surface area contributed by atoms with E-state index in [1.54, 1.807) is 18.2 Å². The number of hydrogen-bond donors (Lipinski definition) is 0. The van der Waals surface area contributed by atoms with E-state index in [0.717, 1.165) is 22.3 Å². The SMILES string of the molecule is COC(=O)c1ccc2c(c1)C#Cc1ccccc1C#C2. The number of esters is 1. The Labute approximate surface area is 117 Å². The van der Waals surface area contributed by atoms with E-state index in [-0.39, 0.29) is 5.97 Å². The summed E-state index contributed by atoms with van der Waals surface area (Å²) in [5, 5.41) is 0. The molecule has 2 aromatic rings. The smallest absolute Gasteiger partial charge is 0.337 e. The van der Waals surface area contributed by atoms with Gasteiger partial charge in [0.05, 0.1) is 12.7 Å². The molecule has 0 heterocycles. The Morgan fingerprint density at radius 1 is 0.850 bits per heavy atom. The van der Waals surface area contributed by atoms with Crippen LogP contribution < -0.4 is 0 Å². The average Bonchev–Trinajstić information content (AvgIpc) is 2.48. The zero-order valence-corrected chi connectivity index (χ0v) is 10.9. The minimum absolute atomic E-state index is 0.370. The van der Waals surface area contributed by atoms with Crippen LogP contribution >= 0.6 is 0 Å². The van der Waals surface area contributed by atoms with Crippen LogP contribution in [0.1, 0.15) is 32.6 Å². The van der Waals surface area contributed by atoms with Crippen molar-refractivity contribution in [3.63, 3.8) is 0 Å². The molecule has 0 fully saturated rings. The van der Waals surface area contributed by atoms with Crippen LogP contribution in [0, 0.1) is 23.7 Å². The molecule has 0 unspecified atom stereocenters. The second-order valence-electron chi connectivity index (χ2n) is 4.30. The van der Waals surface area contributed by atoms with Crippen LogP contribution in [0.25, 0.3) is 0 Å². The summed E-state index contributed by atoms with van der Waals surface area (Å²) in [5.74, 6) is 12.0. The number of fused-ring (bicyclic) bond motifs is 2. The Bertz CT molecular complexity index is 824. The summed E-state index contributed by atoms with van der Waals surface area (Å²) in [6, 6.07) is 13.0. The van der Waals surface area contributed by atoms with Gasteiger partial charge in [-0.25, -0.2) is 4.79 Å². The first-order valence-electron chi connectivity index (χ1n) is 6.13. The third-order valence-corrected chi connectivity index (χ3v) is 3.03. The summed E-state index contributed by atoms with van der Waals surface area (Å²) in [6.45, 7) is 0. The fourth-order valence-corrected chi connectivity index (χ4v) is 1.97. The number of carbonyl (C=O) groups is 1. The molecule has 0 aromatic heterocycles. The molecule has 0 saturated carbocycles. The van der Waals surface area contributed by atoms with Gasteiger partial charge >= 0.3 is 5.97 Å². The Morgan fingerprint density at radius 3 is 2.00 bits per heavy atom. The van der Waals surface area contributed by atoms with E-state index in [4.69, 9.17) is 4.74 Å². The van der Waals surface area contributed by atoms with E-state index < -0.39 is 0 Å². The van der Waals surface area contributed by atoms with Crippen LogP contribution in [-0.2, 0) is 4.74 Å². The molecule has 3 rings (SSSR count). The maximum atomic E-state index is 11.5. The van der Waals surface area contributed by atoms with Gasteiger partial charge in [0, 0.05) is 22.3 Å². The first kappa shape index (κ1) is 12.1. The fraction of sp³-hybridized carbons (Fsp3) is 0.0556. The Hall–Kier alpha value is -2.97. The monoisotopic (exact) mass is 258 g/mol. The molecule has 2 nitrogen and oxygen atoms in total. The largest absolute Gasteiger partial charge is 0.465 e. The number of ether oxygens (including phenoxy) is 1. The molecule has 0 radical (unpaired) electrons. The summed E-state index contributed by atoms with van der Waals surface area (Å²) >= 11 is 0. The highest BCUT2D eigenvalue weighted by molar-refractivity contribution is 5.90. The average molecular weight is 258 g/mol. The lowest BCUT2D eigenvalue weighted by Gasteiger charge is -2.04. The highest BCUT2D eigenvalue weighted by atomic mass is 16.5. The highest BCUT2D eigenvalue weighted by Crippen LogP contribution is 2.15. The van der Waals surface area contributed by atoms with E-state index in [2.05, 4.69) is 23.7 Å². The molecule has 0 bridgehead atoms. The molecule has 0 amide bonds. The van der Waals surface area contributed by atoms with Gasteiger partial charge < -0.3 is 4.74 Å². The molecule has 0 N–H and O–H groups in total. The van der Waals surface area contributed by atoms with Crippen molar-refractivity contribution in [2.45, 2.75) is 0 Å². The van der Waals surface area contributed by atoms with Crippen molar-refractivity contribution in [3.05, 3.63) is 70.3 Å². The summed E-state index contributed by atoms with van der Waals surface area (Å²) in [7, 11) is 1.36.